The highest BCUT2D eigenvalue weighted by atomic mass is 32.1. The SMILES string of the molecule is O=C(Cc1ccsc1)N1CCc2cc(=O)n(-c3ccc(F)cc3)cc2C1. The lowest BCUT2D eigenvalue weighted by Gasteiger charge is -2.29. The summed E-state index contributed by atoms with van der Waals surface area (Å²) in [6.45, 7) is 1.11. The normalized spacial score (nSPS) is 13.5. The van der Waals surface area contributed by atoms with E-state index in [0.717, 1.165) is 16.7 Å². The number of benzene rings is 1. The van der Waals surface area contributed by atoms with Gasteiger partial charge in [-0.2, -0.15) is 11.3 Å². The van der Waals surface area contributed by atoms with Crippen molar-refractivity contribution in [3.8, 4) is 5.69 Å². The fourth-order valence-electron chi connectivity index (χ4n) is 3.22. The van der Waals surface area contributed by atoms with Gasteiger partial charge in [0.05, 0.1) is 6.42 Å². The number of fused-ring (bicyclic) bond motifs is 1. The van der Waals surface area contributed by atoms with Crippen LogP contribution in [0.25, 0.3) is 5.69 Å². The van der Waals surface area contributed by atoms with Crippen molar-refractivity contribution in [2.45, 2.75) is 19.4 Å². The molecule has 0 saturated carbocycles. The summed E-state index contributed by atoms with van der Waals surface area (Å²) >= 11 is 1.58. The molecule has 1 aromatic carbocycles. The number of rotatable bonds is 3. The van der Waals surface area contributed by atoms with Gasteiger partial charge in [-0.05, 0) is 64.2 Å². The van der Waals surface area contributed by atoms with Gasteiger partial charge in [-0.15, -0.1) is 0 Å². The van der Waals surface area contributed by atoms with Crippen LogP contribution in [0.15, 0.2) is 58.1 Å². The lowest BCUT2D eigenvalue weighted by molar-refractivity contribution is -0.131. The molecular weight excluding hydrogens is 351 g/mol. The van der Waals surface area contributed by atoms with Crippen molar-refractivity contribution < 1.29 is 9.18 Å². The third kappa shape index (κ3) is 3.32. The van der Waals surface area contributed by atoms with Crippen LogP contribution in [-0.4, -0.2) is 21.9 Å². The quantitative estimate of drug-likeness (QED) is 0.713. The van der Waals surface area contributed by atoms with Gasteiger partial charge in [-0.3, -0.25) is 14.2 Å². The molecule has 0 aliphatic carbocycles. The van der Waals surface area contributed by atoms with Gasteiger partial charge in [-0.1, -0.05) is 0 Å². The number of hydrogen-bond acceptors (Lipinski definition) is 3. The molecular formula is C20H17FN2O2S. The molecule has 1 aliphatic heterocycles. The molecule has 0 unspecified atom stereocenters. The van der Waals surface area contributed by atoms with Crippen molar-refractivity contribution in [3.05, 3.63) is 86.2 Å². The van der Waals surface area contributed by atoms with Crippen LogP contribution in [0.2, 0.25) is 0 Å². The predicted octanol–water partition coefficient (Wildman–Crippen LogP) is 3.17. The molecule has 0 fully saturated rings. The molecule has 0 bridgehead atoms. The largest absolute Gasteiger partial charge is 0.338 e. The summed E-state index contributed by atoms with van der Waals surface area (Å²) in [5.74, 6) is -0.251. The molecule has 0 atom stereocenters. The Kier molecular flexibility index (Phi) is 4.42. The summed E-state index contributed by atoms with van der Waals surface area (Å²) in [6, 6.07) is 9.40. The second-order valence-electron chi connectivity index (χ2n) is 6.38. The average molecular weight is 368 g/mol. The monoisotopic (exact) mass is 368 g/mol. The maximum absolute atomic E-state index is 13.1. The van der Waals surface area contributed by atoms with E-state index in [2.05, 4.69) is 0 Å². The van der Waals surface area contributed by atoms with E-state index in [4.69, 9.17) is 0 Å². The number of amides is 1. The molecule has 26 heavy (non-hydrogen) atoms. The molecule has 1 aliphatic rings. The molecule has 0 radical (unpaired) electrons. The molecule has 3 aromatic rings. The smallest absolute Gasteiger partial charge is 0.255 e. The van der Waals surface area contributed by atoms with Crippen molar-refractivity contribution in [1.82, 2.24) is 9.47 Å². The first kappa shape index (κ1) is 16.7. The van der Waals surface area contributed by atoms with Crippen LogP contribution in [0.5, 0.6) is 0 Å². The van der Waals surface area contributed by atoms with E-state index in [-0.39, 0.29) is 17.3 Å². The Morgan fingerprint density at radius 2 is 1.96 bits per heavy atom. The van der Waals surface area contributed by atoms with Crippen LogP contribution >= 0.6 is 11.3 Å². The minimum absolute atomic E-state index is 0.0913. The second-order valence-corrected chi connectivity index (χ2v) is 7.16. The number of carbonyl (C=O) groups is 1. The Morgan fingerprint density at radius 3 is 2.69 bits per heavy atom. The predicted molar refractivity (Wildman–Crippen MR) is 99.1 cm³/mol. The molecule has 0 N–H and O–H groups in total. The fraction of sp³-hybridized carbons (Fsp3) is 0.200. The first-order valence-electron chi connectivity index (χ1n) is 8.39. The van der Waals surface area contributed by atoms with Gasteiger partial charge in [0.25, 0.3) is 5.56 Å². The van der Waals surface area contributed by atoms with Crippen LogP contribution in [0.4, 0.5) is 4.39 Å². The fourth-order valence-corrected chi connectivity index (χ4v) is 3.89. The topological polar surface area (TPSA) is 42.3 Å². The number of aromatic nitrogens is 1. The average Bonchev–Trinajstić information content (AvgIpc) is 3.14. The Hall–Kier alpha value is -2.73. The molecule has 0 spiro atoms. The third-order valence-electron chi connectivity index (χ3n) is 4.64. The van der Waals surface area contributed by atoms with E-state index in [9.17, 15) is 14.0 Å². The molecule has 0 saturated heterocycles. The zero-order chi connectivity index (χ0) is 18.1. The van der Waals surface area contributed by atoms with E-state index in [1.54, 1.807) is 35.7 Å². The number of hydrogen-bond donors (Lipinski definition) is 0. The highest BCUT2D eigenvalue weighted by Gasteiger charge is 2.22. The lowest BCUT2D eigenvalue weighted by atomic mass is 10.0. The zero-order valence-corrected chi connectivity index (χ0v) is 14.8. The van der Waals surface area contributed by atoms with Crippen molar-refractivity contribution in [1.29, 1.82) is 0 Å². The maximum atomic E-state index is 13.1. The van der Waals surface area contributed by atoms with Gasteiger partial charge >= 0.3 is 0 Å². The summed E-state index contributed by atoms with van der Waals surface area (Å²) in [7, 11) is 0. The Morgan fingerprint density at radius 1 is 1.15 bits per heavy atom. The first-order chi connectivity index (χ1) is 12.6. The summed E-state index contributed by atoms with van der Waals surface area (Å²) in [4.78, 5) is 26.8. The van der Waals surface area contributed by atoms with Gasteiger partial charge in [-0.25, -0.2) is 4.39 Å². The first-order valence-corrected chi connectivity index (χ1v) is 9.34. The minimum atomic E-state index is -0.343. The minimum Gasteiger partial charge on any atom is -0.338 e. The molecule has 6 heteroatoms. The van der Waals surface area contributed by atoms with E-state index in [1.165, 1.54) is 16.7 Å². The number of thiophene rings is 1. The van der Waals surface area contributed by atoms with Crippen LogP contribution in [0, 0.1) is 5.82 Å². The Balaban J connectivity index is 1.60. The van der Waals surface area contributed by atoms with Crippen molar-refractivity contribution in [3.63, 3.8) is 0 Å². The van der Waals surface area contributed by atoms with Crippen LogP contribution in [0.1, 0.15) is 16.7 Å². The summed E-state index contributed by atoms with van der Waals surface area (Å²) < 4.78 is 14.6. The van der Waals surface area contributed by atoms with Gasteiger partial charge < -0.3 is 4.90 Å². The van der Waals surface area contributed by atoms with Gasteiger partial charge in [0.1, 0.15) is 5.82 Å². The Bertz CT molecular complexity index is 994. The van der Waals surface area contributed by atoms with E-state index in [1.807, 2.05) is 21.7 Å². The summed E-state index contributed by atoms with van der Waals surface area (Å²) in [5, 5.41) is 3.96. The molecule has 1 amide bonds. The van der Waals surface area contributed by atoms with Gasteiger partial charge in [0.15, 0.2) is 0 Å². The standard InChI is InChI=1S/C20H17FN2O2S/c21-17-1-3-18(4-2-17)23-12-16-11-22(7-5-15(16)10-20(23)25)19(24)9-14-6-8-26-13-14/h1-4,6,8,10,12-13H,5,7,9,11H2. The number of nitrogens with zero attached hydrogens (tertiary/aromatic N) is 2. The lowest BCUT2D eigenvalue weighted by Crippen LogP contribution is -2.38. The van der Waals surface area contributed by atoms with E-state index in [0.29, 0.717) is 31.6 Å². The Labute approximate surface area is 154 Å². The third-order valence-corrected chi connectivity index (χ3v) is 5.37. The van der Waals surface area contributed by atoms with Crippen LogP contribution in [-0.2, 0) is 24.2 Å². The molecule has 132 valence electrons. The molecule has 3 heterocycles. The maximum Gasteiger partial charge on any atom is 0.255 e. The van der Waals surface area contributed by atoms with Gasteiger partial charge in [0, 0.05) is 31.0 Å². The number of halogens is 1. The molecule has 4 rings (SSSR count). The van der Waals surface area contributed by atoms with Crippen molar-refractivity contribution in [2.24, 2.45) is 0 Å². The van der Waals surface area contributed by atoms with Crippen LogP contribution < -0.4 is 5.56 Å². The van der Waals surface area contributed by atoms with Crippen molar-refractivity contribution in [2.75, 3.05) is 6.54 Å². The second kappa shape index (κ2) is 6.88. The molecule has 4 nitrogen and oxygen atoms in total. The highest BCUT2D eigenvalue weighted by Crippen LogP contribution is 2.20. The summed E-state index contributed by atoms with van der Waals surface area (Å²) in [5.41, 5.74) is 3.43. The van der Waals surface area contributed by atoms with E-state index >= 15 is 0 Å². The van der Waals surface area contributed by atoms with Crippen LogP contribution in [0.3, 0.4) is 0 Å². The highest BCUT2D eigenvalue weighted by molar-refractivity contribution is 7.08. The molecule has 2 aromatic heterocycles. The number of pyridine rings is 1. The number of carbonyl (C=O) groups excluding carboxylic acids is 1. The van der Waals surface area contributed by atoms with Crippen molar-refractivity contribution >= 4 is 17.2 Å². The zero-order valence-electron chi connectivity index (χ0n) is 14.0. The summed E-state index contributed by atoms with van der Waals surface area (Å²) in [6.07, 6.45) is 2.84. The van der Waals surface area contributed by atoms with E-state index < -0.39 is 0 Å². The van der Waals surface area contributed by atoms with Gasteiger partial charge in [0.2, 0.25) is 5.91 Å².